The Labute approximate surface area is 74.6 Å². The summed E-state index contributed by atoms with van der Waals surface area (Å²) in [5.41, 5.74) is -0.475. The number of hydrogen-bond acceptors (Lipinski definition) is 2. The second-order valence-corrected chi connectivity index (χ2v) is 2.55. The highest BCUT2D eigenvalue weighted by Crippen LogP contribution is 2.11. The fraction of sp³-hybridized carbons (Fsp3) is 0.222. The highest BCUT2D eigenvalue weighted by molar-refractivity contribution is 5.98. The highest BCUT2D eigenvalue weighted by Gasteiger charge is 2.15. The van der Waals surface area contributed by atoms with Crippen LogP contribution in [-0.2, 0) is 0 Å². The highest BCUT2D eigenvalue weighted by atomic mass is 19.1. The number of halogens is 2. The van der Waals surface area contributed by atoms with E-state index >= 15 is 0 Å². The van der Waals surface area contributed by atoms with Crippen molar-refractivity contribution >= 4 is 5.78 Å². The summed E-state index contributed by atoms with van der Waals surface area (Å²) >= 11 is 0. The number of carbonyl (C=O) groups is 1. The molecule has 0 amide bonds. The third kappa shape index (κ3) is 2.09. The zero-order valence-corrected chi connectivity index (χ0v) is 7.10. The first-order valence-corrected chi connectivity index (χ1v) is 3.78. The minimum absolute atomic E-state index is 0.0716. The van der Waals surface area contributed by atoms with Gasteiger partial charge in [-0.25, -0.2) is 8.78 Å². The molecule has 0 bridgehead atoms. The van der Waals surface area contributed by atoms with E-state index in [-0.39, 0.29) is 6.54 Å². The van der Waals surface area contributed by atoms with Crippen molar-refractivity contribution in [2.24, 2.45) is 0 Å². The average molecular weight is 185 g/mol. The van der Waals surface area contributed by atoms with E-state index in [0.29, 0.717) is 0 Å². The Balaban J connectivity index is 3.05. The molecule has 0 radical (unpaired) electrons. The molecule has 0 saturated heterocycles. The van der Waals surface area contributed by atoms with E-state index in [1.165, 1.54) is 13.1 Å². The van der Waals surface area contributed by atoms with Crippen LogP contribution in [0.1, 0.15) is 10.4 Å². The molecule has 0 aliphatic carbocycles. The molecule has 70 valence electrons. The normalized spacial score (nSPS) is 10.1. The van der Waals surface area contributed by atoms with E-state index in [1.54, 1.807) is 0 Å². The van der Waals surface area contributed by atoms with Crippen molar-refractivity contribution < 1.29 is 13.6 Å². The maximum absolute atomic E-state index is 12.9. The molecule has 13 heavy (non-hydrogen) atoms. The lowest BCUT2D eigenvalue weighted by molar-refractivity contribution is 0.0985. The third-order valence-corrected chi connectivity index (χ3v) is 1.58. The summed E-state index contributed by atoms with van der Waals surface area (Å²) in [5, 5.41) is 2.54. The Morgan fingerprint density at radius 3 is 2.38 bits per heavy atom. The summed E-state index contributed by atoms with van der Waals surface area (Å²) in [6.45, 7) is -0.0716. The van der Waals surface area contributed by atoms with Gasteiger partial charge >= 0.3 is 0 Å². The fourth-order valence-electron chi connectivity index (χ4n) is 1.01. The fourth-order valence-corrected chi connectivity index (χ4v) is 1.01. The lowest BCUT2D eigenvalue weighted by atomic mass is 10.1. The number of likely N-dealkylation sites (N-methyl/N-ethyl adjacent to an activating group) is 1. The Kier molecular flexibility index (Phi) is 3.08. The number of ketones is 1. The number of nitrogens with one attached hydrogen (secondary N) is 1. The molecule has 0 aliphatic heterocycles. The van der Waals surface area contributed by atoms with E-state index in [0.717, 1.165) is 12.1 Å². The van der Waals surface area contributed by atoms with Gasteiger partial charge in [0, 0.05) is 0 Å². The molecular formula is C9H9F2NO. The van der Waals surface area contributed by atoms with Gasteiger partial charge in [-0.1, -0.05) is 6.07 Å². The Morgan fingerprint density at radius 1 is 1.38 bits per heavy atom. The van der Waals surface area contributed by atoms with Gasteiger partial charge in [0.2, 0.25) is 0 Å². The second-order valence-electron chi connectivity index (χ2n) is 2.55. The smallest absolute Gasteiger partial charge is 0.182 e. The molecule has 0 aromatic heterocycles. The lowest BCUT2D eigenvalue weighted by Gasteiger charge is -2.02. The summed E-state index contributed by atoms with van der Waals surface area (Å²) in [5.74, 6) is -2.22. The van der Waals surface area contributed by atoms with Crippen LogP contribution < -0.4 is 5.32 Å². The minimum Gasteiger partial charge on any atom is -0.313 e. The molecule has 2 nitrogen and oxygen atoms in total. The molecular weight excluding hydrogens is 176 g/mol. The van der Waals surface area contributed by atoms with Crippen molar-refractivity contribution in [3.63, 3.8) is 0 Å². The molecule has 4 heteroatoms. The van der Waals surface area contributed by atoms with Crippen molar-refractivity contribution in [3.8, 4) is 0 Å². The summed E-state index contributed by atoms with van der Waals surface area (Å²) in [7, 11) is 1.54. The van der Waals surface area contributed by atoms with Crippen molar-refractivity contribution in [1.29, 1.82) is 0 Å². The summed E-state index contributed by atoms with van der Waals surface area (Å²) in [6, 6.07) is 3.35. The Morgan fingerprint density at radius 2 is 1.92 bits per heavy atom. The van der Waals surface area contributed by atoms with Crippen molar-refractivity contribution in [1.82, 2.24) is 5.32 Å². The second kappa shape index (κ2) is 4.09. The van der Waals surface area contributed by atoms with Gasteiger partial charge in [-0.05, 0) is 19.2 Å². The predicted octanol–water partition coefficient (Wildman–Crippen LogP) is 1.37. The van der Waals surface area contributed by atoms with Crippen molar-refractivity contribution in [2.45, 2.75) is 0 Å². The van der Waals surface area contributed by atoms with Crippen LogP contribution in [0.5, 0.6) is 0 Å². The van der Waals surface area contributed by atoms with Crippen LogP contribution in [0, 0.1) is 11.6 Å². The lowest BCUT2D eigenvalue weighted by Crippen LogP contribution is -2.20. The van der Waals surface area contributed by atoms with Gasteiger partial charge in [-0.3, -0.25) is 4.79 Å². The van der Waals surface area contributed by atoms with Crippen LogP contribution in [0.4, 0.5) is 8.78 Å². The topological polar surface area (TPSA) is 29.1 Å². The van der Waals surface area contributed by atoms with Gasteiger partial charge < -0.3 is 5.32 Å². The first-order chi connectivity index (χ1) is 6.16. The van der Waals surface area contributed by atoms with Gasteiger partial charge in [0.15, 0.2) is 5.78 Å². The van der Waals surface area contributed by atoms with Gasteiger partial charge in [-0.2, -0.15) is 0 Å². The Hall–Kier alpha value is -1.29. The van der Waals surface area contributed by atoms with Gasteiger partial charge in [0.25, 0.3) is 0 Å². The molecule has 0 heterocycles. The van der Waals surface area contributed by atoms with E-state index in [1.807, 2.05) is 0 Å². The van der Waals surface area contributed by atoms with Crippen LogP contribution in [0.2, 0.25) is 0 Å². The largest absolute Gasteiger partial charge is 0.313 e. The van der Waals surface area contributed by atoms with Gasteiger partial charge in [0.1, 0.15) is 11.6 Å². The quantitative estimate of drug-likeness (QED) is 0.720. The Bertz CT molecular complexity index is 305. The molecule has 1 rings (SSSR count). The maximum Gasteiger partial charge on any atom is 0.182 e. The molecule has 1 N–H and O–H groups in total. The van der Waals surface area contributed by atoms with Crippen LogP contribution in [-0.4, -0.2) is 19.4 Å². The summed E-state index contributed by atoms with van der Waals surface area (Å²) in [6.07, 6.45) is 0. The van der Waals surface area contributed by atoms with E-state index in [4.69, 9.17) is 0 Å². The first kappa shape index (κ1) is 9.80. The minimum atomic E-state index is -0.819. The molecule has 1 aromatic carbocycles. The van der Waals surface area contributed by atoms with Gasteiger partial charge in [-0.15, -0.1) is 0 Å². The molecule has 0 atom stereocenters. The molecule has 0 spiro atoms. The van der Waals surface area contributed by atoms with Crippen LogP contribution in [0.15, 0.2) is 18.2 Å². The van der Waals surface area contributed by atoms with E-state index in [9.17, 15) is 13.6 Å². The number of Topliss-reactive ketones (excluding diaryl/α,β-unsaturated/α-hetero) is 1. The van der Waals surface area contributed by atoms with Crippen LogP contribution >= 0.6 is 0 Å². The number of rotatable bonds is 3. The monoisotopic (exact) mass is 185 g/mol. The SMILES string of the molecule is CNCC(=O)c1c(F)cccc1F. The van der Waals surface area contributed by atoms with Crippen LogP contribution in [0.3, 0.4) is 0 Å². The summed E-state index contributed by atoms with van der Waals surface area (Å²) < 4.78 is 25.9. The zero-order chi connectivity index (χ0) is 9.84. The van der Waals surface area contributed by atoms with Crippen molar-refractivity contribution in [2.75, 3.05) is 13.6 Å². The maximum atomic E-state index is 12.9. The molecule has 0 fully saturated rings. The van der Waals surface area contributed by atoms with E-state index in [2.05, 4.69) is 5.32 Å². The molecule has 1 aromatic rings. The third-order valence-electron chi connectivity index (χ3n) is 1.58. The number of hydrogen-bond donors (Lipinski definition) is 1. The summed E-state index contributed by atoms with van der Waals surface area (Å²) in [4.78, 5) is 11.1. The molecule has 0 unspecified atom stereocenters. The van der Waals surface area contributed by atoms with E-state index < -0.39 is 23.0 Å². The standard InChI is InChI=1S/C9H9F2NO/c1-12-5-8(13)9-6(10)3-2-4-7(9)11/h2-4,12H,5H2,1H3. The average Bonchev–Trinajstić information content (AvgIpc) is 2.04. The van der Waals surface area contributed by atoms with Gasteiger partial charge in [0.05, 0.1) is 12.1 Å². The van der Waals surface area contributed by atoms with Crippen molar-refractivity contribution in [3.05, 3.63) is 35.4 Å². The first-order valence-electron chi connectivity index (χ1n) is 3.78. The number of benzene rings is 1. The zero-order valence-electron chi connectivity index (χ0n) is 7.10. The molecule has 0 aliphatic rings. The number of carbonyl (C=O) groups excluding carboxylic acids is 1. The predicted molar refractivity (Wildman–Crippen MR) is 44.6 cm³/mol. The van der Waals surface area contributed by atoms with Crippen LogP contribution in [0.25, 0.3) is 0 Å². The molecule has 0 saturated carbocycles.